The lowest BCUT2D eigenvalue weighted by Crippen LogP contribution is -2.06. The first kappa shape index (κ1) is 11.9. The van der Waals surface area contributed by atoms with E-state index in [1.54, 1.807) is 0 Å². The van der Waals surface area contributed by atoms with Gasteiger partial charge in [0.1, 0.15) is 11.9 Å². The van der Waals surface area contributed by atoms with Gasteiger partial charge in [-0.1, -0.05) is 0 Å². The second kappa shape index (κ2) is 4.58. The second-order valence-corrected chi connectivity index (χ2v) is 3.38. The third kappa shape index (κ3) is 2.26. The number of alkyl halides is 2. The summed E-state index contributed by atoms with van der Waals surface area (Å²) in [6.07, 6.45) is -2.01. The van der Waals surface area contributed by atoms with Crippen LogP contribution in [-0.4, -0.2) is 9.91 Å². The van der Waals surface area contributed by atoms with Gasteiger partial charge in [-0.15, -0.1) is 0 Å². The Bertz CT molecular complexity index is 400. The fourth-order valence-corrected chi connectivity index (χ4v) is 1.68. The number of rotatable bonds is 3. The van der Waals surface area contributed by atoms with Crippen molar-refractivity contribution < 1.29 is 13.7 Å². The Morgan fingerprint density at radius 1 is 1.67 bits per heavy atom. The van der Waals surface area contributed by atoms with Gasteiger partial charge in [0.2, 0.25) is 0 Å². The maximum absolute atomic E-state index is 12.4. The van der Waals surface area contributed by atoms with E-state index >= 15 is 0 Å². The summed E-state index contributed by atoms with van der Waals surface area (Å²) in [6, 6.07) is 0. The zero-order valence-electron chi connectivity index (χ0n) is 7.28. The molecule has 0 aliphatic rings. The summed E-state index contributed by atoms with van der Waals surface area (Å²) >= 11 is 2.83. The van der Waals surface area contributed by atoms with Gasteiger partial charge < -0.3 is 5.73 Å². The van der Waals surface area contributed by atoms with Gasteiger partial charge in [0, 0.05) is 6.54 Å². The van der Waals surface area contributed by atoms with Crippen molar-refractivity contribution in [3.63, 3.8) is 0 Å². The van der Waals surface area contributed by atoms with Gasteiger partial charge in [-0.25, -0.2) is 13.8 Å². The fraction of sp³-hybridized carbons (Fsp3) is 0.286. The molecule has 1 rings (SSSR count). The molecule has 0 aliphatic heterocycles. The number of nitro groups is 1. The maximum Gasteiger partial charge on any atom is 0.293 e. The van der Waals surface area contributed by atoms with Crippen LogP contribution in [0.4, 0.5) is 14.5 Å². The Morgan fingerprint density at radius 2 is 2.27 bits per heavy atom. The molecule has 0 atom stereocenters. The molecule has 1 aromatic heterocycles. The Labute approximate surface area is 91.6 Å². The largest absolute Gasteiger partial charge is 0.326 e. The van der Waals surface area contributed by atoms with E-state index in [0.717, 1.165) is 6.20 Å². The van der Waals surface area contributed by atoms with Crippen molar-refractivity contribution in [2.45, 2.75) is 13.0 Å². The average Bonchev–Trinajstić information content (AvgIpc) is 2.16. The molecule has 1 heterocycles. The summed E-state index contributed by atoms with van der Waals surface area (Å²) in [7, 11) is 0. The molecule has 0 unspecified atom stereocenters. The molecule has 8 heteroatoms. The molecule has 0 amide bonds. The van der Waals surface area contributed by atoms with Crippen LogP contribution in [0.25, 0.3) is 0 Å². The van der Waals surface area contributed by atoms with Gasteiger partial charge in [0.05, 0.1) is 15.0 Å². The highest BCUT2D eigenvalue weighted by Crippen LogP contribution is 2.32. The lowest BCUT2D eigenvalue weighted by atomic mass is 10.2. The van der Waals surface area contributed by atoms with Gasteiger partial charge in [0.25, 0.3) is 12.1 Å². The van der Waals surface area contributed by atoms with E-state index in [2.05, 4.69) is 20.9 Å². The van der Waals surface area contributed by atoms with Gasteiger partial charge in [0.15, 0.2) is 0 Å². The van der Waals surface area contributed by atoms with E-state index in [0.29, 0.717) is 0 Å². The standard InChI is InChI=1S/C7H6BrF2N3O2/c8-5-3(1-11)4(13(14)15)2-12-6(5)7(9)10/h2,7H,1,11H2. The summed E-state index contributed by atoms with van der Waals surface area (Å²) in [5.74, 6) is 0. The van der Waals surface area contributed by atoms with Crippen LogP contribution in [0.2, 0.25) is 0 Å². The van der Waals surface area contributed by atoms with E-state index in [9.17, 15) is 18.9 Å². The number of hydrogen-bond donors (Lipinski definition) is 1. The van der Waals surface area contributed by atoms with Gasteiger partial charge in [-0.2, -0.15) is 0 Å². The Hall–Kier alpha value is -1.15. The van der Waals surface area contributed by atoms with Gasteiger partial charge >= 0.3 is 0 Å². The van der Waals surface area contributed by atoms with Crippen LogP contribution in [0.1, 0.15) is 17.7 Å². The molecular formula is C7H6BrF2N3O2. The summed E-state index contributed by atoms with van der Waals surface area (Å²) in [6.45, 7) is -0.209. The van der Waals surface area contributed by atoms with Crippen LogP contribution in [0.5, 0.6) is 0 Å². The molecule has 2 N–H and O–H groups in total. The number of hydrogen-bond acceptors (Lipinski definition) is 4. The van der Waals surface area contributed by atoms with Crippen molar-refractivity contribution in [3.8, 4) is 0 Å². The molecule has 0 saturated heterocycles. The molecule has 82 valence electrons. The highest BCUT2D eigenvalue weighted by molar-refractivity contribution is 9.10. The molecule has 0 aliphatic carbocycles. The fourth-order valence-electron chi connectivity index (χ4n) is 1.04. The highest BCUT2D eigenvalue weighted by atomic mass is 79.9. The quantitative estimate of drug-likeness (QED) is 0.680. The average molecular weight is 282 g/mol. The predicted octanol–water partition coefficient (Wildman–Crippen LogP) is 2.15. The lowest BCUT2D eigenvalue weighted by Gasteiger charge is -2.06. The molecule has 0 aromatic carbocycles. The van der Waals surface area contributed by atoms with E-state index in [1.165, 1.54) is 0 Å². The van der Waals surface area contributed by atoms with Crippen molar-refractivity contribution in [1.82, 2.24) is 4.98 Å². The molecule has 0 saturated carbocycles. The van der Waals surface area contributed by atoms with E-state index in [4.69, 9.17) is 5.73 Å². The summed E-state index contributed by atoms with van der Waals surface area (Å²) < 4.78 is 24.6. The van der Waals surface area contributed by atoms with Crippen molar-refractivity contribution in [3.05, 3.63) is 32.0 Å². The molecular weight excluding hydrogens is 276 g/mol. The summed E-state index contributed by atoms with van der Waals surface area (Å²) in [5.41, 5.74) is 4.36. The first-order valence-electron chi connectivity index (χ1n) is 3.79. The van der Waals surface area contributed by atoms with Crippen LogP contribution in [0.15, 0.2) is 10.7 Å². The molecule has 0 spiro atoms. The van der Waals surface area contributed by atoms with Crippen LogP contribution in [0.3, 0.4) is 0 Å². The first-order chi connectivity index (χ1) is 6.99. The minimum Gasteiger partial charge on any atom is -0.326 e. The normalized spacial score (nSPS) is 10.7. The van der Waals surface area contributed by atoms with E-state index in [1.807, 2.05) is 0 Å². The number of aromatic nitrogens is 1. The van der Waals surface area contributed by atoms with Crippen molar-refractivity contribution >= 4 is 21.6 Å². The number of halogens is 3. The minimum absolute atomic E-state index is 0.0188. The van der Waals surface area contributed by atoms with Crippen LogP contribution in [0, 0.1) is 10.1 Å². The van der Waals surface area contributed by atoms with E-state index < -0.39 is 17.0 Å². The first-order valence-corrected chi connectivity index (χ1v) is 4.58. The highest BCUT2D eigenvalue weighted by Gasteiger charge is 2.23. The van der Waals surface area contributed by atoms with Crippen LogP contribution >= 0.6 is 15.9 Å². The van der Waals surface area contributed by atoms with Crippen LogP contribution < -0.4 is 5.73 Å². The Morgan fingerprint density at radius 3 is 2.67 bits per heavy atom. The van der Waals surface area contributed by atoms with Crippen molar-refractivity contribution in [1.29, 1.82) is 0 Å². The lowest BCUT2D eigenvalue weighted by molar-refractivity contribution is -0.386. The minimum atomic E-state index is -2.80. The molecule has 0 fully saturated rings. The SMILES string of the molecule is NCc1c([N+](=O)[O-])cnc(C(F)F)c1Br. The Balaban J connectivity index is 3.39. The topological polar surface area (TPSA) is 82.0 Å². The zero-order valence-corrected chi connectivity index (χ0v) is 8.87. The molecule has 1 aromatic rings. The smallest absolute Gasteiger partial charge is 0.293 e. The monoisotopic (exact) mass is 281 g/mol. The predicted molar refractivity (Wildman–Crippen MR) is 51.4 cm³/mol. The van der Waals surface area contributed by atoms with E-state index in [-0.39, 0.29) is 22.3 Å². The second-order valence-electron chi connectivity index (χ2n) is 2.58. The van der Waals surface area contributed by atoms with Crippen molar-refractivity contribution in [2.75, 3.05) is 0 Å². The Kier molecular flexibility index (Phi) is 3.64. The maximum atomic E-state index is 12.4. The molecule has 0 bridgehead atoms. The summed E-state index contributed by atoms with van der Waals surface area (Å²) in [5, 5.41) is 10.5. The zero-order chi connectivity index (χ0) is 11.6. The number of nitrogens with zero attached hydrogens (tertiary/aromatic N) is 2. The van der Waals surface area contributed by atoms with Crippen molar-refractivity contribution in [2.24, 2.45) is 5.73 Å². The number of nitrogens with two attached hydrogens (primary N) is 1. The third-order valence-electron chi connectivity index (χ3n) is 1.73. The third-order valence-corrected chi connectivity index (χ3v) is 2.62. The molecule has 15 heavy (non-hydrogen) atoms. The summed E-state index contributed by atoms with van der Waals surface area (Å²) in [4.78, 5) is 13.1. The molecule has 0 radical (unpaired) electrons. The number of pyridine rings is 1. The van der Waals surface area contributed by atoms with Gasteiger partial charge in [-0.05, 0) is 15.9 Å². The molecule has 5 nitrogen and oxygen atoms in total. The van der Waals surface area contributed by atoms with Gasteiger partial charge in [-0.3, -0.25) is 10.1 Å². The van der Waals surface area contributed by atoms with Crippen LogP contribution in [-0.2, 0) is 6.54 Å².